The van der Waals surface area contributed by atoms with Crippen LogP contribution in [0.4, 0.5) is 19.3 Å². The van der Waals surface area contributed by atoms with Crippen molar-refractivity contribution < 1.29 is 28.2 Å². The first kappa shape index (κ1) is 16.2. The van der Waals surface area contributed by atoms with E-state index in [1.165, 1.54) is 24.3 Å². The molecule has 0 radical (unpaired) electrons. The lowest BCUT2D eigenvalue weighted by molar-refractivity contribution is -0.142. The highest BCUT2D eigenvalue weighted by atomic mass is 19.3. The molecule has 1 fully saturated rings. The van der Waals surface area contributed by atoms with Crippen LogP contribution in [0.2, 0.25) is 0 Å². The number of hydrogen-bond acceptors (Lipinski definition) is 3. The number of rotatable bonds is 3. The summed E-state index contributed by atoms with van der Waals surface area (Å²) >= 11 is 0. The van der Waals surface area contributed by atoms with Crippen LogP contribution in [0, 0.1) is 0 Å². The number of carboxylic acids is 1. The fourth-order valence-corrected chi connectivity index (χ4v) is 2.31. The van der Waals surface area contributed by atoms with Gasteiger partial charge in [-0.1, -0.05) is 18.2 Å². The van der Waals surface area contributed by atoms with Gasteiger partial charge in [0.05, 0.1) is 0 Å². The monoisotopic (exact) mass is 313 g/mol. The lowest BCUT2D eigenvalue weighted by Gasteiger charge is -2.21. The molecule has 1 aromatic rings. The first-order chi connectivity index (χ1) is 9.99. The zero-order chi connectivity index (χ0) is 16.8. The molecule has 1 aliphatic carbocycles. The van der Waals surface area contributed by atoms with Gasteiger partial charge in [-0.2, -0.15) is 0 Å². The van der Waals surface area contributed by atoms with Gasteiger partial charge in [-0.3, -0.25) is 10.1 Å². The maximum atomic E-state index is 13.7. The lowest BCUT2D eigenvalue weighted by atomic mass is 9.93. The summed E-state index contributed by atoms with van der Waals surface area (Å²) in [7, 11) is 0. The molecule has 0 bridgehead atoms. The Morgan fingerprint density at radius 1 is 1.27 bits per heavy atom. The zero-order valence-electron chi connectivity index (χ0n) is 12.4. The number of alkyl halides is 2. The SMILES string of the molecule is CC(C)(C)OC(=O)Nc1ccccc1C1(C(=O)O)CC1(F)F. The highest BCUT2D eigenvalue weighted by Crippen LogP contribution is 2.63. The molecule has 2 rings (SSSR count). The van der Waals surface area contributed by atoms with Gasteiger partial charge in [0.25, 0.3) is 5.92 Å². The average molecular weight is 313 g/mol. The molecule has 1 unspecified atom stereocenters. The van der Waals surface area contributed by atoms with Crippen molar-refractivity contribution >= 4 is 17.7 Å². The van der Waals surface area contributed by atoms with E-state index in [2.05, 4.69) is 5.32 Å². The van der Waals surface area contributed by atoms with Crippen molar-refractivity contribution in [1.29, 1.82) is 0 Å². The Labute approximate surface area is 126 Å². The zero-order valence-corrected chi connectivity index (χ0v) is 12.4. The van der Waals surface area contributed by atoms with Crippen LogP contribution < -0.4 is 5.32 Å². The van der Waals surface area contributed by atoms with Gasteiger partial charge in [-0.15, -0.1) is 0 Å². The Kier molecular flexibility index (Phi) is 3.63. The molecule has 120 valence electrons. The lowest BCUT2D eigenvalue weighted by Crippen LogP contribution is -2.31. The molecule has 1 aromatic carbocycles. The molecule has 0 spiro atoms. The van der Waals surface area contributed by atoms with Gasteiger partial charge < -0.3 is 9.84 Å². The number of carbonyl (C=O) groups is 2. The van der Waals surface area contributed by atoms with Crippen molar-refractivity contribution in [3.05, 3.63) is 29.8 Å². The van der Waals surface area contributed by atoms with E-state index < -0.39 is 35.4 Å². The molecule has 0 aliphatic heterocycles. The fraction of sp³-hybridized carbons (Fsp3) is 0.467. The van der Waals surface area contributed by atoms with Gasteiger partial charge in [-0.05, 0) is 32.4 Å². The average Bonchev–Trinajstić information content (AvgIpc) is 2.92. The fourth-order valence-electron chi connectivity index (χ4n) is 2.31. The summed E-state index contributed by atoms with van der Waals surface area (Å²) in [6, 6.07) is 5.63. The van der Waals surface area contributed by atoms with Crippen molar-refractivity contribution in [2.45, 2.75) is 44.1 Å². The van der Waals surface area contributed by atoms with Crippen LogP contribution in [-0.2, 0) is 14.9 Å². The molecule has 1 aliphatic rings. The van der Waals surface area contributed by atoms with Gasteiger partial charge in [0.1, 0.15) is 5.60 Å². The van der Waals surface area contributed by atoms with Crippen LogP contribution in [0.25, 0.3) is 0 Å². The summed E-state index contributed by atoms with van der Waals surface area (Å²) in [6.45, 7) is 4.98. The predicted molar refractivity (Wildman–Crippen MR) is 75.2 cm³/mol. The van der Waals surface area contributed by atoms with E-state index in [4.69, 9.17) is 4.74 Å². The number of carbonyl (C=O) groups excluding carboxylic acids is 1. The molecule has 22 heavy (non-hydrogen) atoms. The topological polar surface area (TPSA) is 75.6 Å². The van der Waals surface area contributed by atoms with Crippen LogP contribution in [0.1, 0.15) is 32.8 Å². The van der Waals surface area contributed by atoms with Gasteiger partial charge in [0.2, 0.25) is 0 Å². The Morgan fingerprint density at radius 3 is 2.27 bits per heavy atom. The number of hydrogen-bond donors (Lipinski definition) is 2. The van der Waals surface area contributed by atoms with Crippen LogP contribution in [0.3, 0.4) is 0 Å². The van der Waals surface area contributed by atoms with Crippen molar-refractivity contribution in [1.82, 2.24) is 0 Å². The first-order valence-corrected chi connectivity index (χ1v) is 6.70. The summed E-state index contributed by atoms with van der Waals surface area (Å²) in [5.74, 6) is -4.96. The Balaban J connectivity index is 2.33. The van der Waals surface area contributed by atoms with Gasteiger partial charge in [0, 0.05) is 12.1 Å². The van der Waals surface area contributed by atoms with Gasteiger partial charge in [-0.25, -0.2) is 13.6 Å². The maximum absolute atomic E-state index is 13.7. The summed E-state index contributed by atoms with van der Waals surface area (Å²) < 4.78 is 32.4. The number of anilines is 1. The number of nitrogens with one attached hydrogen (secondary N) is 1. The summed E-state index contributed by atoms with van der Waals surface area (Å²) in [4.78, 5) is 23.1. The minimum atomic E-state index is -3.34. The van der Waals surface area contributed by atoms with E-state index in [-0.39, 0.29) is 11.3 Å². The maximum Gasteiger partial charge on any atom is 0.412 e. The van der Waals surface area contributed by atoms with Crippen LogP contribution in [0.15, 0.2) is 24.3 Å². The minimum Gasteiger partial charge on any atom is -0.480 e. The van der Waals surface area contributed by atoms with Crippen molar-refractivity contribution in [3.8, 4) is 0 Å². The second-order valence-corrected chi connectivity index (χ2v) is 6.26. The van der Waals surface area contributed by atoms with E-state index in [0.717, 1.165) is 0 Å². The van der Waals surface area contributed by atoms with Gasteiger partial charge in [0.15, 0.2) is 5.41 Å². The number of amides is 1. The molecule has 1 atom stereocenters. The number of carboxylic acid groups (broad SMARTS) is 1. The van der Waals surface area contributed by atoms with E-state index in [1.807, 2.05) is 0 Å². The predicted octanol–water partition coefficient (Wildman–Crippen LogP) is 3.40. The highest BCUT2D eigenvalue weighted by molar-refractivity contribution is 5.93. The quantitative estimate of drug-likeness (QED) is 0.897. The second kappa shape index (κ2) is 4.93. The molecule has 2 N–H and O–H groups in total. The van der Waals surface area contributed by atoms with Crippen LogP contribution >= 0.6 is 0 Å². The molecule has 1 amide bonds. The third-order valence-electron chi connectivity index (χ3n) is 3.37. The molecular weight excluding hydrogens is 296 g/mol. The molecule has 0 saturated heterocycles. The summed E-state index contributed by atoms with van der Waals surface area (Å²) in [5.41, 5.74) is -3.17. The van der Waals surface area contributed by atoms with Crippen molar-refractivity contribution in [2.75, 3.05) is 5.32 Å². The van der Waals surface area contributed by atoms with Crippen LogP contribution in [0.5, 0.6) is 0 Å². The smallest absolute Gasteiger partial charge is 0.412 e. The Hall–Kier alpha value is -2.18. The van der Waals surface area contributed by atoms with E-state index >= 15 is 0 Å². The standard InChI is InChI=1S/C15H17F2NO4/c1-13(2,3)22-12(21)18-10-7-5-4-6-9(10)14(11(19)20)8-15(14,16)17/h4-7H,8H2,1-3H3,(H,18,21)(H,19,20). The molecule has 7 heteroatoms. The number of ether oxygens (including phenoxy) is 1. The number of para-hydroxylation sites is 1. The molecule has 5 nitrogen and oxygen atoms in total. The number of aliphatic carboxylic acids is 1. The van der Waals surface area contributed by atoms with Crippen LogP contribution in [-0.4, -0.2) is 28.7 Å². The molecule has 0 heterocycles. The summed E-state index contributed by atoms with van der Waals surface area (Å²) in [5, 5.41) is 11.6. The third-order valence-corrected chi connectivity index (χ3v) is 3.37. The minimum absolute atomic E-state index is 0.0105. The van der Waals surface area contributed by atoms with E-state index in [9.17, 15) is 23.5 Å². The molecule has 0 aromatic heterocycles. The highest BCUT2D eigenvalue weighted by Gasteiger charge is 2.78. The molecule has 1 saturated carbocycles. The number of benzene rings is 1. The van der Waals surface area contributed by atoms with Crippen molar-refractivity contribution in [2.24, 2.45) is 0 Å². The first-order valence-electron chi connectivity index (χ1n) is 6.70. The Morgan fingerprint density at radius 2 is 1.82 bits per heavy atom. The van der Waals surface area contributed by atoms with E-state index in [1.54, 1.807) is 20.8 Å². The number of halogens is 2. The van der Waals surface area contributed by atoms with Gasteiger partial charge >= 0.3 is 12.1 Å². The summed E-state index contributed by atoms with van der Waals surface area (Å²) in [6.07, 6.45) is -1.62. The largest absolute Gasteiger partial charge is 0.480 e. The van der Waals surface area contributed by atoms with E-state index in [0.29, 0.717) is 0 Å². The molecular formula is C15H17F2NO4. The van der Waals surface area contributed by atoms with Crippen molar-refractivity contribution in [3.63, 3.8) is 0 Å². The second-order valence-electron chi connectivity index (χ2n) is 6.26. The Bertz CT molecular complexity index is 624. The third kappa shape index (κ3) is 2.75. The normalized spacial score (nSPS) is 22.8.